The maximum atomic E-state index is 12.6. The molecule has 1 amide bonds. The molecule has 1 aliphatic heterocycles. The fourth-order valence-corrected chi connectivity index (χ4v) is 3.77. The number of likely N-dealkylation sites (N-methyl/N-ethyl adjacent to an activating group) is 1. The summed E-state index contributed by atoms with van der Waals surface area (Å²) in [7, 11) is 0. The number of hydrogen-bond donors (Lipinski definition) is 1. The Morgan fingerprint density at radius 3 is 2.48 bits per heavy atom. The highest BCUT2D eigenvalue weighted by Gasteiger charge is 2.27. The van der Waals surface area contributed by atoms with E-state index in [1.807, 2.05) is 12.4 Å². The average Bonchev–Trinajstić information content (AvgIpc) is 2.77. The van der Waals surface area contributed by atoms with E-state index in [0.717, 1.165) is 50.1 Å². The number of aryl methyl sites for hydroxylation is 1. The number of carbonyl (C=O) groups excluding carboxylic acids is 1. The smallest absolute Gasteiger partial charge is 0.225 e. The zero-order valence-corrected chi connectivity index (χ0v) is 17.9. The van der Waals surface area contributed by atoms with Gasteiger partial charge in [0.05, 0.1) is 5.92 Å². The summed E-state index contributed by atoms with van der Waals surface area (Å²) in [5.41, 5.74) is 3.36. The molecule has 0 aliphatic carbocycles. The highest BCUT2D eigenvalue weighted by molar-refractivity contribution is 5.79. The Hall–Kier alpha value is -2.47. The van der Waals surface area contributed by atoms with Gasteiger partial charge in [-0.3, -0.25) is 4.79 Å². The number of piperidine rings is 1. The molecule has 6 nitrogen and oxygen atoms in total. The molecule has 1 N–H and O–H groups in total. The predicted octanol–water partition coefficient (Wildman–Crippen LogP) is 3.13. The fourth-order valence-electron chi connectivity index (χ4n) is 3.77. The van der Waals surface area contributed by atoms with Gasteiger partial charge >= 0.3 is 0 Å². The van der Waals surface area contributed by atoms with Crippen molar-refractivity contribution in [2.75, 3.05) is 44.2 Å². The number of rotatable bonds is 8. The normalized spacial score (nSPS) is 16.8. The summed E-state index contributed by atoms with van der Waals surface area (Å²) >= 11 is 0. The Morgan fingerprint density at radius 1 is 1.14 bits per heavy atom. The van der Waals surface area contributed by atoms with Gasteiger partial charge < -0.3 is 15.1 Å². The molecule has 29 heavy (non-hydrogen) atoms. The molecule has 1 aromatic heterocycles. The van der Waals surface area contributed by atoms with E-state index in [2.05, 4.69) is 70.1 Å². The van der Waals surface area contributed by atoms with Crippen molar-refractivity contribution in [1.82, 2.24) is 20.2 Å². The molecule has 156 valence electrons. The number of anilines is 1. The van der Waals surface area contributed by atoms with Crippen LogP contribution in [0.2, 0.25) is 0 Å². The van der Waals surface area contributed by atoms with Gasteiger partial charge in [-0.1, -0.05) is 43.7 Å². The Labute approximate surface area is 174 Å². The lowest BCUT2D eigenvalue weighted by atomic mass is 9.97. The SMILES string of the molecule is CCN(CC)CCNC(=O)[C@H]1CCCN(c2ncc(-c3ccc(C)cc3)cn2)C1. The molecule has 1 aromatic carbocycles. The van der Waals surface area contributed by atoms with E-state index in [1.165, 1.54) is 5.56 Å². The Bertz CT molecular complexity index is 771. The quantitative estimate of drug-likeness (QED) is 0.744. The van der Waals surface area contributed by atoms with Gasteiger partial charge in [-0.2, -0.15) is 0 Å². The van der Waals surface area contributed by atoms with Gasteiger partial charge in [-0.15, -0.1) is 0 Å². The van der Waals surface area contributed by atoms with Crippen LogP contribution in [0, 0.1) is 12.8 Å². The Kier molecular flexibility index (Phi) is 7.58. The van der Waals surface area contributed by atoms with Crippen LogP contribution in [0.15, 0.2) is 36.7 Å². The molecule has 2 heterocycles. The zero-order chi connectivity index (χ0) is 20.6. The average molecular weight is 396 g/mol. The largest absolute Gasteiger partial charge is 0.355 e. The van der Waals surface area contributed by atoms with Crippen LogP contribution < -0.4 is 10.2 Å². The van der Waals surface area contributed by atoms with Crippen LogP contribution in [0.25, 0.3) is 11.1 Å². The minimum atomic E-state index is 0.000767. The van der Waals surface area contributed by atoms with Crippen molar-refractivity contribution >= 4 is 11.9 Å². The van der Waals surface area contributed by atoms with Crippen molar-refractivity contribution in [3.63, 3.8) is 0 Å². The van der Waals surface area contributed by atoms with Crippen molar-refractivity contribution in [2.24, 2.45) is 5.92 Å². The van der Waals surface area contributed by atoms with E-state index in [1.54, 1.807) is 0 Å². The molecular formula is C23H33N5O. The summed E-state index contributed by atoms with van der Waals surface area (Å²) in [6, 6.07) is 8.37. The molecule has 2 aromatic rings. The number of hydrogen-bond acceptors (Lipinski definition) is 5. The molecule has 0 unspecified atom stereocenters. The molecule has 0 spiro atoms. The third-order valence-electron chi connectivity index (χ3n) is 5.72. The van der Waals surface area contributed by atoms with Gasteiger partial charge in [-0.05, 0) is 38.4 Å². The molecule has 1 fully saturated rings. The number of carbonyl (C=O) groups is 1. The van der Waals surface area contributed by atoms with Gasteiger partial charge in [0.25, 0.3) is 0 Å². The van der Waals surface area contributed by atoms with Crippen LogP contribution in [-0.4, -0.2) is 60.0 Å². The lowest BCUT2D eigenvalue weighted by Crippen LogP contribution is -2.45. The van der Waals surface area contributed by atoms with E-state index < -0.39 is 0 Å². The van der Waals surface area contributed by atoms with E-state index >= 15 is 0 Å². The third kappa shape index (κ3) is 5.76. The molecule has 0 radical (unpaired) electrons. The summed E-state index contributed by atoms with van der Waals surface area (Å²) in [5, 5.41) is 3.11. The molecule has 3 rings (SSSR count). The van der Waals surface area contributed by atoms with Crippen molar-refractivity contribution in [2.45, 2.75) is 33.6 Å². The van der Waals surface area contributed by atoms with E-state index in [9.17, 15) is 4.79 Å². The first kappa shape index (κ1) is 21.2. The third-order valence-corrected chi connectivity index (χ3v) is 5.72. The molecule has 1 saturated heterocycles. The Morgan fingerprint density at radius 2 is 1.83 bits per heavy atom. The van der Waals surface area contributed by atoms with Gasteiger partial charge in [0.1, 0.15) is 0 Å². The first-order valence-electron chi connectivity index (χ1n) is 10.7. The number of amides is 1. The second-order valence-corrected chi connectivity index (χ2v) is 7.74. The first-order valence-corrected chi connectivity index (χ1v) is 10.7. The molecule has 0 saturated carbocycles. The zero-order valence-electron chi connectivity index (χ0n) is 17.9. The van der Waals surface area contributed by atoms with Gasteiger partial charge in [-0.25, -0.2) is 9.97 Å². The monoisotopic (exact) mass is 395 g/mol. The molecular weight excluding hydrogens is 362 g/mol. The van der Waals surface area contributed by atoms with Crippen LogP contribution in [-0.2, 0) is 4.79 Å². The minimum Gasteiger partial charge on any atom is -0.355 e. The van der Waals surface area contributed by atoms with Crippen LogP contribution in [0.5, 0.6) is 0 Å². The van der Waals surface area contributed by atoms with Crippen molar-refractivity contribution < 1.29 is 4.79 Å². The number of nitrogens with one attached hydrogen (secondary N) is 1. The van der Waals surface area contributed by atoms with Crippen molar-refractivity contribution in [3.8, 4) is 11.1 Å². The molecule has 6 heteroatoms. The highest BCUT2D eigenvalue weighted by atomic mass is 16.1. The fraction of sp³-hybridized carbons (Fsp3) is 0.522. The van der Waals surface area contributed by atoms with Crippen LogP contribution >= 0.6 is 0 Å². The van der Waals surface area contributed by atoms with Gasteiger partial charge in [0, 0.05) is 44.1 Å². The molecule has 1 aliphatic rings. The van der Waals surface area contributed by atoms with E-state index in [0.29, 0.717) is 19.0 Å². The van der Waals surface area contributed by atoms with Crippen LogP contribution in [0.1, 0.15) is 32.3 Å². The summed E-state index contributed by atoms with van der Waals surface area (Å²) in [6.45, 7) is 11.6. The van der Waals surface area contributed by atoms with E-state index in [4.69, 9.17) is 0 Å². The lowest BCUT2D eigenvalue weighted by molar-refractivity contribution is -0.125. The molecule has 1 atom stereocenters. The number of aromatic nitrogens is 2. The summed E-state index contributed by atoms with van der Waals surface area (Å²) in [4.78, 5) is 26.2. The summed E-state index contributed by atoms with van der Waals surface area (Å²) in [5.74, 6) is 0.862. The van der Waals surface area contributed by atoms with E-state index in [-0.39, 0.29) is 11.8 Å². The number of nitrogens with zero attached hydrogens (tertiary/aromatic N) is 4. The van der Waals surface area contributed by atoms with Gasteiger partial charge in [0.2, 0.25) is 11.9 Å². The van der Waals surface area contributed by atoms with Crippen LogP contribution in [0.3, 0.4) is 0 Å². The van der Waals surface area contributed by atoms with Gasteiger partial charge in [0.15, 0.2) is 0 Å². The number of benzene rings is 1. The highest BCUT2D eigenvalue weighted by Crippen LogP contribution is 2.23. The summed E-state index contributed by atoms with van der Waals surface area (Å²) < 4.78 is 0. The van der Waals surface area contributed by atoms with Crippen molar-refractivity contribution in [1.29, 1.82) is 0 Å². The van der Waals surface area contributed by atoms with Crippen molar-refractivity contribution in [3.05, 3.63) is 42.2 Å². The summed E-state index contributed by atoms with van der Waals surface area (Å²) in [6.07, 6.45) is 5.66. The predicted molar refractivity (Wildman–Crippen MR) is 118 cm³/mol. The lowest BCUT2D eigenvalue weighted by Gasteiger charge is -2.32. The minimum absolute atomic E-state index is 0.000767. The maximum Gasteiger partial charge on any atom is 0.225 e. The Balaban J connectivity index is 1.56. The standard InChI is InChI=1S/C23H33N5O/c1-4-27(5-2)14-12-24-22(29)20-7-6-13-28(17-20)23-25-15-21(16-26-23)19-10-8-18(3)9-11-19/h8-11,15-16,20H,4-7,12-14,17H2,1-3H3,(H,24,29)/t20-/m0/s1. The molecule has 0 bridgehead atoms. The van der Waals surface area contributed by atoms with Crippen LogP contribution in [0.4, 0.5) is 5.95 Å². The topological polar surface area (TPSA) is 61.4 Å². The maximum absolute atomic E-state index is 12.6. The first-order chi connectivity index (χ1) is 14.1. The second kappa shape index (κ2) is 10.3. The second-order valence-electron chi connectivity index (χ2n) is 7.74.